The molecule has 0 aliphatic rings. The van der Waals surface area contributed by atoms with Crippen LogP contribution in [0.4, 0.5) is 0 Å². The van der Waals surface area contributed by atoms with Crippen molar-refractivity contribution in [3.63, 3.8) is 0 Å². The van der Waals surface area contributed by atoms with Crippen LogP contribution in [0.5, 0.6) is 0 Å². The van der Waals surface area contributed by atoms with Crippen molar-refractivity contribution < 1.29 is 0 Å². The van der Waals surface area contributed by atoms with Crippen LogP contribution in [0.3, 0.4) is 0 Å². The summed E-state index contributed by atoms with van der Waals surface area (Å²) in [5, 5.41) is 8.39. The summed E-state index contributed by atoms with van der Waals surface area (Å²) in [5.74, 6) is 0. The molecule has 1 nitrogen and oxygen atoms in total. The lowest BCUT2D eigenvalue weighted by molar-refractivity contribution is 1.50. The molecule has 3 heteroatoms. The molecule has 0 rings (SSSR count). The summed E-state index contributed by atoms with van der Waals surface area (Å²) in [6.07, 6.45) is 3.36. The molecule has 0 aliphatic carbocycles. The van der Waals surface area contributed by atoms with E-state index in [9.17, 15) is 0 Å². The fourth-order valence-corrected chi connectivity index (χ4v) is 0.781. The third-order valence-electron chi connectivity index (χ3n) is 0.748. The third kappa shape index (κ3) is 2.64. The Morgan fingerprint density at radius 2 is 2.44 bits per heavy atom. The molecule has 0 bridgehead atoms. The molecule has 0 amide bonds. The van der Waals surface area contributed by atoms with E-state index in [0.717, 1.165) is 0 Å². The van der Waals surface area contributed by atoms with E-state index >= 15 is 0 Å². The van der Waals surface area contributed by atoms with Gasteiger partial charge in [0.2, 0.25) is 0 Å². The molecule has 0 fully saturated rings. The van der Waals surface area contributed by atoms with Crippen LogP contribution in [0.1, 0.15) is 0 Å². The van der Waals surface area contributed by atoms with E-state index in [1.165, 1.54) is 17.8 Å². The van der Waals surface area contributed by atoms with E-state index in [4.69, 9.17) is 5.26 Å². The number of rotatable bonds is 2. The fraction of sp³-hybridized carbons (Fsp3) is 0.167. The average molecular weight is 157 g/mol. The summed E-state index contributed by atoms with van der Waals surface area (Å²) >= 11 is 5.47. The molecule has 0 spiro atoms. The molecular weight excluding hydrogens is 150 g/mol. The Hall–Kier alpha value is -0.330. The number of nitrogens with zero attached hydrogens (tertiary/aromatic N) is 1. The highest BCUT2D eigenvalue weighted by Crippen LogP contribution is 2.20. The van der Waals surface area contributed by atoms with Gasteiger partial charge in [0, 0.05) is 0 Å². The van der Waals surface area contributed by atoms with Crippen LogP contribution in [-0.4, -0.2) is 6.26 Å². The second-order valence-corrected chi connectivity index (χ2v) is 2.81. The Kier molecular flexibility index (Phi) is 4.37. The molecule has 0 unspecified atom stereocenters. The van der Waals surface area contributed by atoms with Gasteiger partial charge in [0.25, 0.3) is 0 Å². The Morgan fingerprint density at radius 1 is 1.89 bits per heavy atom. The van der Waals surface area contributed by atoms with Crippen LogP contribution in [0, 0.1) is 11.3 Å². The summed E-state index contributed by atoms with van der Waals surface area (Å²) in [6.45, 7) is 3.46. The average Bonchev–Trinajstić information content (AvgIpc) is 1.90. The zero-order chi connectivity index (χ0) is 7.28. The molecule has 0 heterocycles. The van der Waals surface area contributed by atoms with Gasteiger partial charge >= 0.3 is 0 Å². The summed E-state index contributed by atoms with van der Waals surface area (Å²) in [4.78, 5) is 0. The number of hydrogen-bond acceptors (Lipinski definition) is 3. The van der Waals surface area contributed by atoms with Gasteiger partial charge in [0.1, 0.15) is 6.07 Å². The molecule has 0 aromatic rings. The minimum absolute atomic E-state index is 0.533. The molecule has 0 N–H and O–H groups in total. The van der Waals surface area contributed by atoms with E-state index in [-0.39, 0.29) is 0 Å². The molecule has 48 valence electrons. The molecule has 0 atom stereocenters. The first-order valence-corrected chi connectivity index (χ1v) is 3.93. The zero-order valence-corrected chi connectivity index (χ0v) is 6.80. The van der Waals surface area contributed by atoms with E-state index in [2.05, 4.69) is 19.2 Å². The highest BCUT2D eigenvalue weighted by Gasteiger charge is 1.93. The summed E-state index contributed by atoms with van der Waals surface area (Å²) in [5.41, 5.74) is 0.533. The van der Waals surface area contributed by atoms with Crippen LogP contribution < -0.4 is 0 Å². The topological polar surface area (TPSA) is 23.8 Å². The van der Waals surface area contributed by atoms with E-state index < -0.39 is 0 Å². The van der Waals surface area contributed by atoms with E-state index in [1.54, 1.807) is 0 Å². The number of hydrogen-bond donors (Lipinski definition) is 1. The molecule has 0 aromatic heterocycles. The standard InChI is InChI=1S/C6H7NS2/c1-3-5(4-7)6(8)9-2/h3,8H,1H2,2H3/b6-5+. The predicted octanol–water partition coefficient (Wildman–Crippen LogP) is 2.20. The van der Waals surface area contributed by atoms with Crippen LogP contribution >= 0.6 is 24.4 Å². The highest BCUT2D eigenvalue weighted by molar-refractivity contribution is 8.15. The van der Waals surface area contributed by atoms with Gasteiger partial charge in [-0.3, -0.25) is 0 Å². The van der Waals surface area contributed by atoms with Crippen LogP contribution in [0.25, 0.3) is 0 Å². The first-order valence-electron chi connectivity index (χ1n) is 2.26. The Balaban J connectivity index is 4.43. The van der Waals surface area contributed by atoms with Crippen molar-refractivity contribution in [3.05, 3.63) is 22.5 Å². The lowest BCUT2D eigenvalue weighted by Crippen LogP contribution is -1.71. The van der Waals surface area contributed by atoms with Crippen LogP contribution in [0.15, 0.2) is 22.5 Å². The van der Waals surface area contributed by atoms with Crippen molar-refractivity contribution in [1.82, 2.24) is 0 Å². The molecule has 0 saturated heterocycles. The Labute approximate surface area is 64.9 Å². The van der Waals surface area contributed by atoms with Gasteiger partial charge in [0.05, 0.1) is 9.81 Å². The van der Waals surface area contributed by atoms with Crippen molar-refractivity contribution in [2.75, 3.05) is 6.26 Å². The van der Waals surface area contributed by atoms with Gasteiger partial charge in [-0.15, -0.1) is 24.4 Å². The van der Waals surface area contributed by atoms with Gasteiger partial charge in [0.15, 0.2) is 0 Å². The van der Waals surface area contributed by atoms with Crippen LogP contribution in [0.2, 0.25) is 0 Å². The monoisotopic (exact) mass is 157 g/mol. The summed E-state index contributed by atoms with van der Waals surface area (Å²) in [6, 6.07) is 1.97. The summed E-state index contributed by atoms with van der Waals surface area (Å²) in [7, 11) is 0. The smallest absolute Gasteiger partial charge is 0.101 e. The maximum atomic E-state index is 8.39. The minimum atomic E-state index is 0.533. The normalized spacial score (nSPS) is 11.7. The maximum absolute atomic E-state index is 8.39. The Bertz CT molecular complexity index is 176. The molecule has 9 heavy (non-hydrogen) atoms. The van der Waals surface area contributed by atoms with Crippen molar-refractivity contribution >= 4 is 24.4 Å². The lowest BCUT2D eigenvalue weighted by Gasteiger charge is -1.91. The van der Waals surface area contributed by atoms with Gasteiger partial charge in [-0.25, -0.2) is 0 Å². The molecule has 0 aliphatic heterocycles. The second-order valence-electron chi connectivity index (χ2n) is 1.24. The van der Waals surface area contributed by atoms with Crippen molar-refractivity contribution in [2.24, 2.45) is 0 Å². The highest BCUT2D eigenvalue weighted by atomic mass is 32.2. The first-order chi connectivity index (χ1) is 4.26. The maximum Gasteiger partial charge on any atom is 0.101 e. The largest absolute Gasteiger partial charge is 0.192 e. The number of allylic oxidation sites excluding steroid dienone is 2. The fourth-order valence-electron chi connectivity index (χ4n) is 0.291. The number of thioether (sulfide) groups is 1. The van der Waals surface area contributed by atoms with Gasteiger partial charge in [-0.1, -0.05) is 6.58 Å². The van der Waals surface area contributed by atoms with E-state index in [0.29, 0.717) is 9.81 Å². The summed E-state index contributed by atoms with van der Waals surface area (Å²) < 4.78 is 0.715. The minimum Gasteiger partial charge on any atom is -0.192 e. The third-order valence-corrected chi connectivity index (χ3v) is 2.14. The first kappa shape index (κ1) is 8.67. The molecular formula is C6H7NS2. The van der Waals surface area contributed by atoms with Gasteiger partial charge in [-0.05, 0) is 12.3 Å². The second kappa shape index (κ2) is 4.54. The van der Waals surface area contributed by atoms with Gasteiger partial charge in [-0.2, -0.15) is 5.26 Å². The molecule has 0 saturated carbocycles. The molecule has 0 aromatic carbocycles. The van der Waals surface area contributed by atoms with Crippen molar-refractivity contribution in [3.8, 4) is 6.07 Å². The van der Waals surface area contributed by atoms with Crippen LogP contribution in [-0.2, 0) is 0 Å². The quantitative estimate of drug-likeness (QED) is 0.377. The molecule has 0 radical (unpaired) electrons. The van der Waals surface area contributed by atoms with Crippen molar-refractivity contribution in [2.45, 2.75) is 0 Å². The number of nitriles is 1. The van der Waals surface area contributed by atoms with Crippen molar-refractivity contribution in [1.29, 1.82) is 5.26 Å². The SMILES string of the molecule is C=C/C(C#N)=C(/S)SC. The lowest BCUT2D eigenvalue weighted by atomic mass is 10.3. The predicted molar refractivity (Wildman–Crippen MR) is 45.3 cm³/mol. The zero-order valence-electron chi connectivity index (χ0n) is 5.09. The number of thiol groups is 1. The Morgan fingerprint density at radius 3 is 2.56 bits per heavy atom. The van der Waals surface area contributed by atoms with Gasteiger partial charge < -0.3 is 0 Å². The van der Waals surface area contributed by atoms with E-state index in [1.807, 2.05) is 12.3 Å².